The monoisotopic (exact) mass is 344 g/mol. The molecule has 1 aliphatic carbocycles. The topological polar surface area (TPSA) is 67.4 Å². The SMILES string of the molecule is O=C(COCC(F)(F)F)Nc1ccccc1C(=O)NC1CCCC1. The van der Waals surface area contributed by atoms with E-state index in [9.17, 15) is 22.8 Å². The summed E-state index contributed by atoms with van der Waals surface area (Å²) in [7, 11) is 0. The molecule has 1 aromatic rings. The zero-order valence-corrected chi connectivity index (χ0v) is 13.0. The van der Waals surface area contributed by atoms with Crippen molar-refractivity contribution in [2.75, 3.05) is 18.5 Å². The molecule has 0 atom stereocenters. The van der Waals surface area contributed by atoms with Gasteiger partial charge in [0.05, 0.1) is 11.3 Å². The average Bonchev–Trinajstić information content (AvgIpc) is 2.99. The van der Waals surface area contributed by atoms with Gasteiger partial charge in [-0.05, 0) is 25.0 Å². The molecule has 0 unspecified atom stereocenters. The number of amides is 2. The highest BCUT2D eigenvalue weighted by atomic mass is 19.4. The van der Waals surface area contributed by atoms with E-state index in [-0.39, 0.29) is 23.2 Å². The van der Waals surface area contributed by atoms with Crippen LogP contribution in [-0.4, -0.2) is 37.2 Å². The van der Waals surface area contributed by atoms with Crippen LogP contribution in [0.15, 0.2) is 24.3 Å². The zero-order valence-electron chi connectivity index (χ0n) is 13.0. The van der Waals surface area contributed by atoms with Gasteiger partial charge in [-0.1, -0.05) is 25.0 Å². The van der Waals surface area contributed by atoms with Crippen LogP contribution in [-0.2, 0) is 9.53 Å². The van der Waals surface area contributed by atoms with Gasteiger partial charge in [-0.15, -0.1) is 0 Å². The number of hydrogen-bond acceptors (Lipinski definition) is 3. The molecular weight excluding hydrogens is 325 g/mol. The zero-order chi connectivity index (χ0) is 17.6. The molecule has 1 fully saturated rings. The number of para-hydroxylation sites is 1. The van der Waals surface area contributed by atoms with Gasteiger partial charge in [0.15, 0.2) is 0 Å². The smallest absolute Gasteiger partial charge is 0.362 e. The van der Waals surface area contributed by atoms with Gasteiger partial charge in [0.2, 0.25) is 5.91 Å². The van der Waals surface area contributed by atoms with Gasteiger partial charge in [0.1, 0.15) is 13.2 Å². The molecule has 0 radical (unpaired) electrons. The molecule has 0 aliphatic heterocycles. The van der Waals surface area contributed by atoms with Crippen molar-refractivity contribution in [3.05, 3.63) is 29.8 Å². The highest BCUT2D eigenvalue weighted by molar-refractivity contribution is 6.04. The first kappa shape index (κ1) is 18.3. The van der Waals surface area contributed by atoms with Gasteiger partial charge < -0.3 is 15.4 Å². The van der Waals surface area contributed by atoms with Crippen LogP contribution in [0.4, 0.5) is 18.9 Å². The summed E-state index contributed by atoms with van der Waals surface area (Å²) < 4.78 is 40.3. The van der Waals surface area contributed by atoms with Crippen molar-refractivity contribution in [3.63, 3.8) is 0 Å². The van der Waals surface area contributed by atoms with Crippen molar-refractivity contribution in [2.45, 2.75) is 37.9 Å². The summed E-state index contributed by atoms with van der Waals surface area (Å²) in [6.07, 6.45) is -0.504. The number of carbonyl (C=O) groups is 2. The summed E-state index contributed by atoms with van der Waals surface area (Å²) >= 11 is 0. The highest BCUT2D eigenvalue weighted by Gasteiger charge is 2.28. The van der Waals surface area contributed by atoms with Crippen LogP contribution in [0.3, 0.4) is 0 Å². The molecule has 2 amide bonds. The van der Waals surface area contributed by atoms with E-state index in [0.29, 0.717) is 0 Å². The predicted octanol–water partition coefficient (Wildman–Crippen LogP) is 2.88. The van der Waals surface area contributed by atoms with Crippen LogP contribution in [0.1, 0.15) is 36.0 Å². The summed E-state index contributed by atoms with van der Waals surface area (Å²) in [4.78, 5) is 24.0. The Morgan fingerprint density at radius 3 is 2.50 bits per heavy atom. The van der Waals surface area contributed by atoms with Crippen molar-refractivity contribution in [2.24, 2.45) is 0 Å². The summed E-state index contributed by atoms with van der Waals surface area (Å²) in [6.45, 7) is -2.23. The Hall–Kier alpha value is -2.09. The van der Waals surface area contributed by atoms with Gasteiger partial charge in [0, 0.05) is 6.04 Å². The molecule has 1 saturated carbocycles. The lowest BCUT2D eigenvalue weighted by Gasteiger charge is -2.15. The van der Waals surface area contributed by atoms with Crippen molar-refractivity contribution in [3.8, 4) is 0 Å². The van der Waals surface area contributed by atoms with E-state index in [2.05, 4.69) is 15.4 Å². The maximum absolute atomic E-state index is 12.3. The van der Waals surface area contributed by atoms with Gasteiger partial charge in [0.25, 0.3) is 5.91 Å². The van der Waals surface area contributed by atoms with E-state index < -0.39 is 25.3 Å². The van der Waals surface area contributed by atoms with E-state index >= 15 is 0 Å². The first-order chi connectivity index (χ1) is 11.3. The number of halogens is 3. The van der Waals surface area contributed by atoms with E-state index in [1.165, 1.54) is 6.07 Å². The van der Waals surface area contributed by atoms with Gasteiger partial charge in [-0.2, -0.15) is 13.2 Å². The largest absolute Gasteiger partial charge is 0.411 e. The lowest BCUT2D eigenvalue weighted by atomic mass is 10.1. The molecule has 0 aromatic heterocycles. The standard InChI is InChI=1S/C16H19F3N2O3/c17-16(18,19)10-24-9-14(22)21-13-8-4-3-7-12(13)15(23)20-11-5-1-2-6-11/h3-4,7-8,11H,1-2,5-6,9-10H2,(H,20,23)(H,21,22). The molecule has 2 rings (SSSR count). The lowest BCUT2D eigenvalue weighted by Crippen LogP contribution is -2.33. The van der Waals surface area contributed by atoms with Crippen LogP contribution in [0.25, 0.3) is 0 Å². The molecule has 1 aliphatic rings. The second-order valence-corrected chi connectivity index (χ2v) is 5.66. The average molecular weight is 344 g/mol. The molecular formula is C16H19F3N2O3. The second-order valence-electron chi connectivity index (χ2n) is 5.66. The van der Waals surface area contributed by atoms with Crippen LogP contribution in [0, 0.1) is 0 Å². The number of rotatable bonds is 6. The van der Waals surface area contributed by atoms with Crippen LogP contribution in [0.5, 0.6) is 0 Å². The van der Waals surface area contributed by atoms with Crippen LogP contribution >= 0.6 is 0 Å². The maximum Gasteiger partial charge on any atom is 0.411 e. The fraction of sp³-hybridized carbons (Fsp3) is 0.500. The van der Waals surface area contributed by atoms with Gasteiger partial charge in [-0.25, -0.2) is 0 Å². The van der Waals surface area contributed by atoms with E-state index in [4.69, 9.17) is 0 Å². The third kappa shape index (κ3) is 5.84. The molecule has 2 N–H and O–H groups in total. The normalized spacial score (nSPS) is 15.3. The molecule has 1 aromatic carbocycles. The number of carbonyl (C=O) groups excluding carboxylic acids is 2. The Morgan fingerprint density at radius 2 is 1.83 bits per heavy atom. The predicted molar refractivity (Wildman–Crippen MR) is 81.7 cm³/mol. The highest BCUT2D eigenvalue weighted by Crippen LogP contribution is 2.20. The minimum atomic E-state index is -4.49. The first-order valence-electron chi connectivity index (χ1n) is 7.69. The molecule has 0 spiro atoms. The first-order valence-corrected chi connectivity index (χ1v) is 7.69. The summed E-state index contributed by atoms with van der Waals surface area (Å²) in [5.74, 6) is -1.06. The third-order valence-electron chi connectivity index (χ3n) is 3.64. The van der Waals surface area contributed by atoms with Crippen LogP contribution in [0.2, 0.25) is 0 Å². The van der Waals surface area contributed by atoms with Crippen molar-refractivity contribution >= 4 is 17.5 Å². The Morgan fingerprint density at radius 1 is 1.17 bits per heavy atom. The van der Waals surface area contributed by atoms with Crippen molar-refractivity contribution in [1.29, 1.82) is 0 Å². The fourth-order valence-corrected chi connectivity index (χ4v) is 2.57. The van der Waals surface area contributed by atoms with E-state index in [1.807, 2.05) is 0 Å². The Kier molecular flexibility index (Phi) is 6.19. The molecule has 0 heterocycles. The minimum Gasteiger partial charge on any atom is -0.362 e. The number of hydrogen-bond donors (Lipinski definition) is 2. The number of nitrogens with one attached hydrogen (secondary N) is 2. The quantitative estimate of drug-likeness (QED) is 0.834. The molecule has 5 nitrogen and oxygen atoms in total. The summed E-state index contributed by atoms with van der Waals surface area (Å²) in [5.41, 5.74) is 0.516. The third-order valence-corrected chi connectivity index (χ3v) is 3.64. The van der Waals surface area contributed by atoms with Crippen LogP contribution < -0.4 is 10.6 Å². The Balaban J connectivity index is 1.92. The number of anilines is 1. The molecule has 132 valence electrons. The van der Waals surface area contributed by atoms with E-state index in [1.54, 1.807) is 18.2 Å². The van der Waals surface area contributed by atoms with Gasteiger partial charge in [-0.3, -0.25) is 9.59 Å². The van der Waals surface area contributed by atoms with Crippen molar-refractivity contribution < 1.29 is 27.5 Å². The molecule has 8 heteroatoms. The minimum absolute atomic E-state index is 0.122. The van der Waals surface area contributed by atoms with E-state index in [0.717, 1.165) is 25.7 Å². The Bertz CT molecular complexity index is 584. The molecule has 0 bridgehead atoms. The second kappa shape index (κ2) is 8.14. The lowest BCUT2D eigenvalue weighted by molar-refractivity contribution is -0.174. The number of ether oxygens (including phenoxy) is 1. The molecule has 0 saturated heterocycles. The molecule has 24 heavy (non-hydrogen) atoms. The summed E-state index contributed by atoms with van der Waals surface area (Å²) in [6, 6.07) is 6.47. The fourth-order valence-electron chi connectivity index (χ4n) is 2.57. The number of alkyl halides is 3. The summed E-state index contributed by atoms with van der Waals surface area (Å²) in [5, 5.41) is 5.31. The van der Waals surface area contributed by atoms with Crippen molar-refractivity contribution in [1.82, 2.24) is 5.32 Å². The Labute approximate surface area is 137 Å². The van der Waals surface area contributed by atoms with Gasteiger partial charge >= 0.3 is 6.18 Å². The maximum atomic E-state index is 12.3. The number of benzene rings is 1.